The summed E-state index contributed by atoms with van der Waals surface area (Å²) in [5, 5.41) is 18.8. The van der Waals surface area contributed by atoms with E-state index in [1.165, 1.54) is 31.2 Å². The van der Waals surface area contributed by atoms with Crippen LogP contribution in [0, 0.1) is 0 Å². The van der Waals surface area contributed by atoms with Gasteiger partial charge in [-0.1, -0.05) is 38.8 Å². The first-order valence-corrected chi connectivity index (χ1v) is 8.48. The molecule has 0 aliphatic rings. The van der Waals surface area contributed by atoms with E-state index in [0.717, 1.165) is 11.1 Å². The van der Waals surface area contributed by atoms with Gasteiger partial charge >= 0.3 is 59.1 Å². The third kappa shape index (κ3) is 6.83. The Morgan fingerprint density at radius 3 is 1.50 bits per heavy atom. The average molecular weight is 366 g/mol. The van der Waals surface area contributed by atoms with E-state index < -0.39 is 13.3 Å². The predicted molar refractivity (Wildman–Crippen MR) is 79.7 cm³/mol. The van der Waals surface area contributed by atoms with E-state index in [9.17, 15) is 24.6 Å². The summed E-state index contributed by atoms with van der Waals surface area (Å²) in [5.74, 6) is -0.0911. The Morgan fingerprint density at radius 2 is 1.21 bits per heavy atom. The van der Waals surface area contributed by atoms with Gasteiger partial charge in [-0.05, 0) is 47.5 Å². The molecule has 0 saturated heterocycles. The normalized spacial score (nSPS) is 12.2. The molecule has 24 heavy (non-hydrogen) atoms. The zero-order valence-corrected chi connectivity index (χ0v) is 18.9. The van der Waals surface area contributed by atoms with Crippen molar-refractivity contribution in [3.63, 3.8) is 0 Å². The summed E-state index contributed by atoms with van der Waals surface area (Å²) in [7, 11) is -4.67. The quantitative estimate of drug-likeness (QED) is 0.414. The molecule has 1 unspecified atom stereocenters. The standard InChI is InChI=1S/C16H19O5P.2Na/c1-11(22(19,20)21)10-16(12-2-6-14(17)7-3-12)13-4-8-15(18)9-5-13;;/h2-9,11,16-18H,10H2,1H3,(H2,19,20,21);;/q;2*+1/p-2. The van der Waals surface area contributed by atoms with Crippen LogP contribution in [0.3, 0.4) is 0 Å². The molecule has 0 bridgehead atoms. The average Bonchev–Trinajstić information content (AvgIpc) is 2.46. The Bertz CT molecular complexity index is 624. The molecule has 2 N–H and O–H groups in total. The van der Waals surface area contributed by atoms with Crippen LogP contribution in [0.4, 0.5) is 0 Å². The molecular weight excluding hydrogens is 349 g/mol. The SMILES string of the molecule is CC(CC(c1ccc(O)cc1)c1ccc(O)cc1)P(=O)([O-])[O-].[Na+].[Na+]. The maximum Gasteiger partial charge on any atom is 1.00 e. The summed E-state index contributed by atoms with van der Waals surface area (Å²) < 4.78 is 11.2. The number of hydrogen-bond acceptors (Lipinski definition) is 5. The van der Waals surface area contributed by atoms with Crippen molar-refractivity contribution in [1.82, 2.24) is 0 Å². The Hall–Kier alpha value is 0.190. The summed E-state index contributed by atoms with van der Waals surface area (Å²) in [6, 6.07) is 12.8. The van der Waals surface area contributed by atoms with Crippen molar-refractivity contribution in [2.24, 2.45) is 0 Å². The molecule has 0 spiro atoms. The van der Waals surface area contributed by atoms with Gasteiger partial charge in [-0.3, -0.25) is 0 Å². The van der Waals surface area contributed by atoms with Gasteiger partial charge in [0.2, 0.25) is 0 Å². The largest absolute Gasteiger partial charge is 1.00 e. The van der Waals surface area contributed by atoms with Crippen molar-refractivity contribution in [3.8, 4) is 11.5 Å². The Balaban J connectivity index is 0.00000264. The molecule has 8 heteroatoms. The molecule has 0 aliphatic heterocycles. The van der Waals surface area contributed by atoms with Crippen molar-refractivity contribution >= 4 is 7.60 Å². The Kier molecular flexibility index (Phi) is 10.4. The number of rotatable bonds is 5. The topological polar surface area (TPSA) is 104 Å². The minimum absolute atomic E-state index is 0. The van der Waals surface area contributed by atoms with Crippen LogP contribution in [0.15, 0.2) is 48.5 Å². The third-order valence-corrected chi connectivity index (χ3v) is 5.00. The zero-order valence-electron chi connectivity index (χ0n) is 14.0. The molecule has 0 aromatic heterocycles. The molecule has 5 nitrogen and oxygen atoms in total. The fourth-order valence-corrected chi connectivity index (χ4v) is 2.82. The zero-order chi connectivity index (χ0) is 16.3. The smallest absolute Gasteiger partial charge is 0.811 e. The molecule has 0 amide bonds. The van der Waals surface area contributed by atoms with Crippen molar-refractivity contribution < 1.29 is 83.7 Å². The van der Waals surface area contributed by atoms with Gasteiger partial charge < -0.3 is 24.6 Å². The minimum Gasteiger partial charge on any atom is -0.811 e. The fraction of sp³-hybridized carbons (Fsp3) is 0.250. The Labute approximate surface area is 185 Å². The van der Waals surface area contributed by atoms with E-state index in [1.807, 2.05) is 0 Å². The summed E-state index contributed by atoms with van der Waals surface area (Å²) in [6.45, 7) is 1.40. The summed E-state index contributed by atoms with van der Waals surface area (Å²) in [6.07, 6.45) is 0.139. The molecule has 1 atom stereocenters. The van der Waals surface area contributed by atoms with Crippen LogP contribution in [0.1, 0.15) is 30.4 Å². The van der Waals surface area contributed by atoms with Crippen LogP contribution in [0.5, 0.6) is 11.5 Å². The van der Waals surface area contributed by atoms with Crippen molar-refractivity contribution in [2.75, 3.05) is 0 Å². The van der Waals surface area contributed by atoms with Crippen molar-refractivity contribution in [1.29, 1.82) is 0 Å². The number of phenolic OH excluding ortho intramolecular Hbond substituents is 2. The van der Waals surface area contributed by atoms with Crippen LogP contribution in [0.2, 0.25) is 0 Å². The second-order valence-corrected chi connectivity index (χ2v) is 7.32. The molecule has 2 aromatic rings. The van der Waals surface area contributed by atoms with E-state index in [4.69, 9.17) is 0 Å². The molecule has 0 heterocycles. The van der Waals surface area contributed by atoms with E-state index >= 15 is 0 Å². The van der Waals surface area contributed by atoms with Crippen LogP contribution in [0.25, 0.3) is 0 Å². The van der Waals surface area contributed by atoms with Gasteiger partial charge in [-0.2, -0.15) is 0 Å². The molecule has 2 aromatic carbocycles. The van der Waals surface area contributed by atoms with E-state index in [0.29, 0.717) is 0 Å². The van der Waals surface area contributed by atoms with Gasteiger partial charge in [-0.25, -0.2) is 0 Å². The monoisotopic (exact) mass is 366 g/mol. The van der Waals surface area contributed by atoms with Crippen molar-refractivity contribution in [3.05, 3.63) is 59.7 Å². The van der Waals surface area contributed by atoms with Crippen molar-refractivity contribution in [2.45, 2.75) is 24.9 Å². The first-order valence-electron chi connectivity index (χ1n) is 6.87. The predicted octanol–water partition coefficient (Wildman–Crippen LogP) is -4.07. The summed E-state index contributed by atoms with van der Waals surface area (Å²) in [4.78, 5) is 22.5. The van der Waals surface area contributed by atoms with E-state index in [2.05, 4.69) is 0 Å². The van der Waals surface area contributed by atoms with Crippen LogP contribution in [-0.2, 0) is 4.57 Å². The van der Waals surface area contributed by atoms with Gasteiger partial charge in [0.25, 0.3) is 0 Å². The summed E-state index contributed by atoms with van der Waals surface area (Å²) in [5.41, 5.74) is 0.577. The number of benzene rings is 2. The number of hydrogen-bond donors (Lipinski definition) is 2. The number of phenols is 2. The first-order chi connectivity index (χ1) is 10.3. The van der Waals surface area contributed by atoms with Gasteiger partial charge in [0.05, 0.1) is 0 Å². The van der Waals surface area contributed by atoms with Gasteiger partial charge in [0.15, 0.2) is 0 Å². The molecule has 2 rings (SSSR count). The van der Waals surface area contributed by atoms with Crippen LogP contribution in [-0.4, -0.2) is 15.9 Å². The maximum absolute atomic E-state index is 11.2. The van der Waals surface area contributed by atoms with E-state index in [-0.39, 0.29) is 83.0 Å². The molecule has 0 fully saturated rings. The maximum atomic E-state index is 11.2. The van der Waals surface area contributed by atoms with Crippen LogP contribution >= 0.6 is 7.60 Å². The second kappa shape index (κ2) is 10.4. The van der Waals surface area contributed by atoms with Gasteiger partial charge in [0.1, 0.15) is 11.5 Å². The molecule has 118 valence electrons. The second-order valence-electron chi connectivity index (χ2n) is 5.36. The van der Waals surface area contributed by atoms with Gasteiger partial charge in [-0.15, -0.1) is 0 Å². The summed E-state index contributed by atoms with van der Waals surface area (Å²) >= 11 is 0. The van der Waals surface area contributed by atoms with Gasteiger partial charge in [0, 0.05) is 5.92 Å². The van der Waals surface area contributed by atoms with Crippen LogP contribution < -0.4 is 68.9 Å². The number of aromatic hydroxyl groups is 2. The third-order valence-electron chi connectivity index (χ3n) is 3.71. The molecule has 0 aliphatic carbocycles. The Morgan fingerprint density at radius 1 is 0.875 bits per heavy atom. The minimum atomic E-state index is -4.67. The molecular formula is C16H17Na2O5P. The first kappa shape index (κ1) is 24.2. The molecule has 0 radical (unpaired) electrons. The fourth-order valence-electron chi connectivity index (χ4n) is 2.35. The van der Waals surface area contributed by atoms with E-state index in [1.54, 1.807) is 24.3 Å². The molecule has 0 saturated carbocycles.